The van der Waals surface area contributed by atoms with Crippen LogP contribution in [0.15, 0.2) is 146 Å². The summed E-state index contributed by atoms with van der Waals surface area (Å²) in [5.41, 5.74) is 20.3. The van der Waals surface area contributed by atoms with E-state index in [1.807, 2.05) is 0 Å². The first-order valence-corrected chi connectivity index (χ1v) is 50.2. The monoisotopic (exact) mass is 1720 g/mol. The fourth-order valence-corrected chi connectivity index (χ4v) is 26.6. The van der Waals surface area contributed by atoms with Crippen LogP contribution in [0.3, 0.4) is 0 Å². The highest BCUT2D eigenvalue weighted by Crippen LogP contribution is 2.63. The van der Waals surface area contributed by atoms with Gasteiger partial charge in [-0.2, -0.15) is 0 Å². The Balaban J connectivity index is 0.0000000988. The minimum Gasteiger partial charge on any atom is -0.372 e. The van der Waals surface area contributed by atoms with Gasteiger partial charge in [-0.15, -0.1) is 0 Å². The minimum atomic E-state index is 0.322. The van der Waals surface area contributed by atoms with Crippen molar-refractivity contribution in [3.8, 4) is 0 Å². The van der Waals surface area contributed by atoms with Gasteiger partial charge in [-0.05, 0) is 303 Å². The maximum atomic E-state index is 5.84. The van der Waals surface area contributed by atoms with E-state index in [1.165, 1.54) is 188 Å². The molecule has 18 fully saturated rings. The van der Waals surface area contributed by atoms with Gasteiger partial charge in [0.15, 0.2) is 0 Å². The molecule has 0 radical (unpaired) electrons. The fraction of sp³-hybridized carbons (Fsp3) is 0.667. The van der Waals surface area contributed by atoms with Crippen molar-refractivity contribution in [3.63, 3.8) is 0 Å². The number of anilines is 6. The van der Waals surface area contributed by atoms with E-state index in [0.717, 1.165) is 114 Å². The number of fused-ring (bicyclic) bond motifs is 6. The average molecular weight is 1720 g/mol. The maximum Gasteiger partial charge on any atom is 0.0726 e. The quantitative estimate of drug-likeness (QED) is 0.0903. The molecule has 0 spiro atoms. The zero-order valence-corrected chi connectivity index (χ0v) is 79.6. The number of likely N-dealkylation sites (tertiary alicyclic amines) is 3. The van der Waals surface area contributed by atoms with Crippen LogP contribution in [0.5, 0.6) is 0 Å². The van der Waals surface area contributed by atoms with Crippen LogP contribution < -0.4 is 45.3 Å². The summed E-state index contributed by atoms with van der Waals surface area (Å²) in [4.78, 5) is 22.6. The summed E-state index contributed by atoms with van der Waals surface area (Å²) in [7, 11) is 0. The van der Waals surface area contributed by atoms with E-state index in [4.69, 9.17) is 28.4 Å². The van der Waals surface area contributed by atoms with Crippen molar-refractivity contribution in [2.75, 3.05) is 206 Å². The third-order valence-electron chi connectivity index (χ3n) is 33.5. The zero-order chi connectivity index (χ0) is 87.2. The molecule has 16 unspecified atom stereocenters. The van der Waals surface area contributed by atoms with Crippen molar-refractivity contribution in [1.29, 1.82) is 0 Å². The molecule has 18 aliphatic rings. The Labute approximate surface area is 757 Å². The van der Waals surface area contributed by atoms with Gasteiger partial charge in [0.05, 0.1) is 73.2 Å². The number of nitrogens with zero attached hydrogens (tertiary/aromatic N) is 9. The van der Waals surface area contributed by atoms with E-state index in [9.17, 15) is 0 Å². The molecule has 0 aromatic heterocycles. The highest BCUT2D eigenvalue weighted by Gasteiger charge is 2.64. The van der Waals surface area contributed by atoms with Crippen LogP contribution in [0.2, 0.25) is 0 Å². The number of hydrogen-bond acceptors (Lipinski definition) is 18. The highest BCUT2D eigenvalue weighted by molar-refractivity contribution is 5.58. The molecule has 126 heavy (non-hydrogen) atoms. The van der Waals surface area contributed by atoms with Crippen molar-refractivity contribution in [2.45, 2.75) is 248 Å². The number of likely N-dealkylation sites (N-methyl/N-ethyl adjacent to an activating group) is 3. The topological polar surface area (TPSA) is 121 Å². The molecule has 18 nitrogen and oxygen atoms in total. The van der Waals surface area contributed by atoms with Crippen molar-refractivity contribution in [2.24, 2.45) is 35.5 Å². The molecule has 0 amide bonds. The van der Waals surface area contributed by atoms with Crippen LogP contribution in [0.1, 0.15) is 176 Å². The smallest absolute Gasteiger partial charge is 0.0726 e. The van der Waals surface area contributed by atoms with Crippen LogP contribution in [0, 0.1) is 35.5 Å². The first-order valence-electron chi connectivity index (χ1n) is 50.2. The number of nitrogens with one attached hydrogen (secondary N) is 3. The Morgan fingerprint density at radius 2 is 0.381 bits per heavy atom. The van der Waals surface area contributed by atoms with Gasteiger partial charge in [0.2, 0.25) is 0 Å². The predicted molar refractivity (Wildman–Crippen MR) is 516 cm³/mol. The van der Waals surface area contributed by atoms with Crippen molar-refractivity contribution in [3.05, 3.63) is 179 Å². The summed E-state index contributed by atoms with van der Waals surface area (Å²) >= 11 is 0. The van der Waals surface area contributed by atoms with Crippen molar-refractivity contribution < 1.29 is 28.4 Å². The summed E-state index contributed by atoms with van der Waals surface area (Å²) < 4.78 is 35.0. The summed E-state index contributed by atoms with van der Waals surface area (Å²) in [6, 6.07) is 56.3. The van der Waals surface area contributed by atoms with Gasteiger partial charge in [-0.3, -0.25) is 0 Å². The fourth-order valence-electron chi connectivity index (χ4n) is 26.6. The van der Waals surface area contributed by atoms with Crippen LogP contribution in [-0.2, 0) is 60.9 Å². The number of benzene rings is 6. The summed E-state index contributed by atoms with van der Waals surface area (Å²) in [6.07, 6.45) is 12.2. The molecule has 6 aromatic carbocycles. The first-order chi connectivity index (χ1) is 60.8. The highest BCUT2D eigenvalue weighted by atomic mass is 16.5. The van der Waals surface area contributed by atoms with Gasteiger partial charge in [-0.25, -0.2) is 0 Å². The van der Waals surface area contributed by atoms with E-state index >= 15 is 0 Å². The van der Waals surface area contributed by atoms with Crippen LogP contribution >= 0.6 is 0 Å². The number of rotatable bonds is 15. The molecule has 24 rings (SSSR count). The zero-order valence-electron chi connectivity index (χ0n) is 79.6. The molecule has 12 heterocycles. The van der Waals surface area contributed by atoms with Gasteiger partial charge in [0, 0.05) is 204 Å². The second-order valence-electron chi connectivity index (χ2n) is 43.5. The standard InChI is InChI=1S/3C19H28N2O.3C17H24N2O/c3*1-4-20-12-17-9-19(17,13-20)16-5-7-18(8-6-16)21-10-14(2)22-15(3)11-21;3*1-12-9-19(10-13(2)20-12)16-5-3-14(4-6-16)17-7-15(17)8-18-11-17/h3*5-8,14-15,17H,4,9-13H2,1-3H3;3*3-6,12-13,15,18H,7-11H2,1-2H3/t2*14?,15?,17-,19+;;2*12?,13?,15-,17+;/m10.10./s1. The average Bonchev–Trinajstić information content (AvgIpc) is 1.55. The Bertz CT molecular complexity index is 4110. The molecular weight excluding hydrogens is 1560 g/mol. The Hall–Kier alpha value is -6.36. The molecule has 6 aliphatic carbocycles. The Morgan fingerprint density at radius 3 is 0.516 bits per heavy atom. The lowest BCUT2D eigenvalue weighted by Gasteiger charge is -2.37. The summed E-state index contributed by atoms with van der Waals surface area (Å²) in [5, 5.41) is 10.6. The van der Waals surface area contributed by atoms with Crippen molar-refractivity contribution >= 4 is 34.1 Å². The third-order valence-corrected chi connectivity index (χ3v) is 33.5. The molecule has 684 valence electrons. The number of ether oxygens (including phenoxy) is 6. The van der Waals surface area contributed by atoms with E-state index < -0.39 is 0 Å². The molecule has 18 heteroatoms. The Kier molecular flexibility index (Phi) is 25.6. The van der Waals surface area contributed by atoms with E-state index in [-0.39, 0.29) is 0 Å². The third kappa shape index (κ3) is 18.6. The molecule has 0 bridgehead atoms. The van der Waals surface area contributed by atoms with Crippen LogP contribution in [-0.4, -0.2) is 265 Å². The van der Waals surface area contributed by atoms with Gasteiger partial charge < -0.3 is 88.5 Å². The number of piperidine rings is 6. The first kappa shape index (κ1) is 88.9. The minimum absolute atomic E-state index is 0.322. The van der Waals surface area contributed by atoms with E-state index in [1.54, 1.807) is 16.7 Å². The lowest BCUT2D eigenvalue weighted by Crippen LogP contribution is -2.45. The van der Waals surface area contributed by atoms with Crippen LogP contribution in [0.4, 0.5) is 34.1 Å². The number of morpholine rings is 6. The van der Waals surface area contributed by atoms with E-state index in [0.29, 0.717) is 106 Å². The van der Waals surface area contributed by atoms with Crippen LogP contribution in [0.25, 0.3) is 0 Å². The SMILES string of the molecule is CC1CN(c2ccc(C34CNCC3C4)cc2)CC(C)O1.CC1CN(c2ccc([C@@]34CNC[C@@H]3C4)cc2)CC(C)O1.CC1CN(c2ccc([C@]34CNC[C@H]3C4)cc2)CC(C)O1.CCN1CC2CC2(c2ccc(N3CC(C)OC(C)C3)cc2)C1.CCN1C[C@@H]2C[C@]2(c2ccc(N3CC(C)OC(C)C3)cc2)C1.CCN1C[C@H]2C[C@@]2(c2ccc(N3CC(C)OC(C)C3)cc2)C1. The molecular formula is C108H156N12O6. The normalized spacial score (nSPS) is 38.9. The molecule has 3 N–H and O–H groups in total. The molecule has 6 saturated carbocycles. The lowest BCUT2D eigenvalue weighted by molar-refractivity contribution is -0.00548. The molecule has 6 aromatic rings. The van der Waals surface area contributed by atoms with Gasteiger partial charge in [0.1, 0.15) is 0 Å². The lowest BCUT2D eigenvalue weighted by atomic mass is 9.94. The van der Waals surface area contributed by atoms with Gasteiger partial charge in [0.25, 0.3) is 0 Å². The second kappa shape index (κ2) is 36.3. The largest absolute Gasteiger partial charge is 0.372 e. The summed E-state index contributed by atoms with van der Waals surface area (Å²) in [5.74, 6) is 5.37. The predicted octanol–water partition coefficient (Wildman–Crippen LogP) is 15.2. The molecule has 12 saturated heterocycles. The van der Waals surface area contributed by atoms with E-state index in [2.05, 4.69) is 309 Å². The van der Waals surface area contributed by atoms with Crippen molar-refractivity contribution in [1.82, 2.24) is 30.7 Å². The van der Waals surface area contributed by atoms with Gasteiger partial charge in [-0.1, -0.05) is 93.6 Å². The van der Waals surface area contributed by atoms with Gasteiger partial charge >= 0.3 is 0 Å². The molecule has 12 aliphatic heterocycles. The summed E-state index contributed by atoms with van der Waals surface area (Å²) in [6.45, 7) is 63.2. The maximum absolute atomic E-state index is 5.84. The second-order valence-corrected chi connectivity index (χ2v) is 43.5. The number of hydrogen-bond donors (Lipinski definition) is 3. The Morgan fingerprint density at radius 1 is 0.222 bits per heavy atom. The molecule has 24 atom stereocenters.